The van der Waals surface area contributed by atoms with Gasteiger partial charge in [0.2, 0.25) is 0 Å². The van der Waals surface area contributed by atoms with Gasteiger partial charge in [-0.2, -0.15) is 0 Å². The second kappa shape index (κ2) is 17.7. The van der Waals surface area contributed by atoms with Crippen LogP contribution in [0.15, 0.2) is 30.3 Å². The van der Waals surface area contributed by atoms with Crippen molar-refractivity contribution >= 4 is 0 Å². The van der Waals surface area contributed by atoms with Crippen LogP contribution in [0.25, 0.3) is 0 Å². The van der Waals surface area contributed by atoms with Gasteiger partial charge in [-0.05, 0) is 36.7 Å². The lowest BCUT2D eigenvalue weighted by atomic mass is 10.0. The normalized spacial score (nSPS) is 18.9. The third kappa shape index (κ3) is 13.3. The van der Waals surface area contributed by atoms with Gasteiger partial charge in [-0.15, -0.1) is 0 Å². The van der Waals surface area contributed by atoms with E-state index in [9.17, 15) is 0 Å². The van der Waals surface area contributed by atoms with Gasteiger partial charge < -0.3 is 9.47 Å². The Hall–Kier alpha value is -0.860. The molecule has 0 aromatic heterocycles. The van der Waals surface area contributed by atoms with Gasteiger partial charge in [0.15, 0.2) is 0 Å². The maximum atomic E-state index is 6.00. The van der Waals surface area contributed by atoms with Gasteiger partial charge >= 0.3 is 0 Å². The molecule has 1 saturated carbocycles. The highest BCUT2D eigenvalue weighted by atomic mass is 16.5. The van der Waals surface area contributed by atoms with Crippen LogP contribution < -0.4 is 0 Å². The molecule has 1 aliphatic carbocycles. The van der Waals surface area contributed by atoms with Crippen LogP contribution in [0, 0.1) is 11.8 Å². The predicted molar refractivity (Wildman–Crippen MR) is 133 cm³/mol. The van der Waals surface area contributed by atoms with E-state index in [4.69, 9.17) is 9.47 Å². The summed E-state index contributed by atoms with van der Waals surface area (Å²) in [7, 11) is 0. The van der Waals surface area contributed by atoms with Crippen LogP contribution in [-0.4, -0.2) is 19.3 Å². The molecule has 31 heavy (non-hydrogen) atoms. The van der Waals surface area contributed by atoms with Crippen molar-refractivity contribution in [1.82, 2.24) is 0 Å². The Balaban J connectivity index is 1.33. The van der Waals surface area contributed by atoms with Crippen molar-refractivity contribution in [2.24, 2.45) is 11.8 Å². The van der Waals surface area contributed by atoms with E-state index in [2.05, 4.69) is 38.1 Å². The molecule has 2 heteroatoms. The summed E-state index contributed by atoms with van der Waals surface area (Å²) < 4.78 is 11.9. The van der Waals surface area contributed by atoms with Crippen LogP contribution in [0.3, 0.4) is 0 Å². The van der Waals surface area contributed by atoms with E-state index in [0.717, 1.165) is 31.5 Å². The Labute approximate surface area is 193 Å². The van der Waals surface area contributed by atoms with Crippen molar-refractivity contribution in [3.8, 4) is 0 Å². The Morgan fingerprint density at radius 2 is 1.39 bits per heavy atom. The number of benzene rings is 1. The van der Waals surface area contributed by atoms with E-state index in [0.29, 0.717) is 6.61 Å². The average Bonchev–Trinajstić information content (AvgIpc) is 3.55. The van der Waals surface area contributed by atoms with Gasteiger partial charge in [-0.25, -0.2) is 0 Å². The van der Waals surface area contributed by atoms with E-state index in [-0.39, 0.29) is 6.10 Å². The molecule has 0 bridgehead atoms. The number of hydrogen-bond donors (Lipinski definition) is 0. The van der Waals surface area contributed by atoms with Gasteiger partial charge in [0.05, 0.1) is 19.3 Å². The molecule has 1 aromatic rings. The summed E-state index contributed by atoms with van der Waals surface area (Å²) >= 11 is 0. The highest BCUT2D eigenvalue weighted by molar-refractivity contribution is 5.13. The zero-order valence-corrected chi connectivity index (χ0v) is 20.7. The molecular formula is C29H50O2. The Morgan fingerprint density at radius 3 is 2.03 bits per heavy atom. The number of ether oxygens (including phenoxy) is 2. The van der Waals surface area contributed by atoms with E-state index in [1.165, 1.54) is 95.5 Å². The Morgan fingerprint density at radius 1 is 0.774 bits per heavy atom. The lowest BCUT2D eigenvalue weighted by Crippen LogP contribution is -2.19. The second-order valence-corrected chi connectivity index (χ2v) is 9.77. The standard InChI is InChI=1S/C29H50O2/c1-3-5-6-7-8-9-15-20-27-23-28(27)21-16-10-11-17-22-30-25-29(4-2)31-24-26-18-13-12-14-19-26/h12-14,18-19,27-29H,3-11,15-17,20-25H2,1-2H3. The van der Waals surface area contributed by atoms with Gasteiger partial charge in [0, 0.05) is 6.61 Å². The minimum atomic E-state index is 0.211. The summed E-state index contributed by atoms with van der Waals surface area (Å²) in [6, 6.07) is 10.4. The second-order valence-electron chi connectivity index (χ2n) is 9.77. The summed E-state index contributed by atoms with van der Waals surface area (Å²) in [4.78, 5) is 0. The SMILES string of the molecule is CCCCCCCCCC1CC1CCCCCCOCC(CC)OCc1ccccc1. The van der Waals surface area contributed by atoms with Crippen LogP contribution in [0.4, 0.5) is 0 Å². The molecule has 1 aliphatic rings. The van der Waals surface area contributed by atoms with Crippen molar-refractivity contribution in [1.29, 1.82) is 0 Å². The zero-order valence-electron chi connectivity index (χ0n) is 20.7. The molecule has 0 saturated heterocycles. The molecule has 1 aromatic carbocycles. The summed E-state index contributed by atoms with van der Waals surface area (Å²) in [5, 5.41) is 0. The zero-order chi connectivity index (χ0) is 22.0. The van der Waals surface area contributed by atoms with E-state index >= 15 is 0 Å². The fourth-order valence-electron chi connectivity index (χ4n) is 4.63. The highest BCUT2D eigenvalue weighted by Gasteiger charge is 2.34. The summed E-state index contributed by atoms with van der Waals surface area (Å²) in [5.74, 6) is 2.16. The number of rotatable bonds is 21. The smallest absolute Gasteiger partial charge is 0.0810 e. The molecule has 0 spiro atoms. The predicted octanol–water partition coefficient (Wildman–Crippen LogP) is 8.73. The first-order chi connectivity index (χ1) is 15.3. The average molecular weight is 431 g/mol. The fourth-order valence-corrected chi connectivity index (χ4v) is 4.63. The Bertz CT molecular complexity index is 515. The molecule has 3 unspecified atom stereocenters. The van der Waals surface area contributed by atoms with Crippen molar-refractivity contribution in [2.45, 2.75) is 123 Å². The largest absolute Gasteiger partial charge is 0.379 e. The molecule has 2 nitrogen and oxygen atoms in total. The minimum Gasteiger partial charge on any atom is -0.379 e. The van der Waals surface area contributed by atoms with E-state index in [1.807, 2.05) is 6.07 Å². The van der Waals surface area contributed by atoms with Crippen LogP contribution in [0.5, 0.6) is 0 Å². The Kier molecular flexibility index (Phi) is 15.0. The maximum absolute atomic E-state index is 6.00. The van der Waals surface area contributed by atoms with Crippen LogP contribution in [0.1, 0.15) is 116 Å². The van der Waals surface area contributed by atoms with Gasteiger partial charge in [-0.3, -0.25) is 0 Å². The van der Waals surface area contributed by atoms with Crippen molar-refractivity contribution < 1.29 is 9.47 Å². The molecule has 178 valence electrons. The first kappa shape index (κ1) is 26.4. The van der Waals surface area contributed by atoms with Crippen LogP contribution in [-0.2, 0) is 16.1 Å². The molecule has 3 atom stereocenters. The quantitative estimate of drug-likeness (QED) is 0.181. The van der Waals surface area contributed by atoms with Crippen LogP contribution >= 0.6 is 0 Å². The summed E-state index contributed by atoms with van der Waals surface area (Å²) in [5.41, 5.74) is 1.24. The molecular weight excluding hydrogens is 380 g/mol. The molecule has 0 amide bonds. The third-order valence-electron chi connectivity index (χ3n) is 6.95. The van der Waals surface area contributed by atoms with E-state index in [1.54, 1.807) is 0 Å². The lowest BCUT2D eigenvalue weighted by Gasteiger charge is -2.16. The van der Waals surface area contributed by atoms with Crippen molar-refractivity contribution in [3.63, 3.8) is 0 Å². The fraction of sp³-hybridized carbons (Fsp3) is 0.793. The van der Waals surface area contributed by atoms with Crippen LogP contribution in [0.2, 0.25) is 0 Å². The molecule has 2 rings (SSSR count). The van der Waals surface area contributed by atoms with Crippen molar-refractivity contribution in [3.05, 3.63) is 35.9 Å². The molecule has 0 aliphatic heterocycles. The maximum Gasteiger partial charge on any atom is 0.0810 e. The van der Waals surface area contributed by atoms with Crippen molar-refractivity contribution in [2.75, 3.05) is 13.2 Å². The lowest BCUT2D eigenvalue weighted by molar-refractivity contribution is -0.0269. The first-order valence-corrected chi connectivity index (χ1v) is 13.6. The molecule has 0 heterocycles. The monoisotopic (exact) mass is 430 g/mol. The number of hydrogen-bond acceptors (Lipinski definition) is 2. The molecule has 0 radical (unpaired) electrons. The molecule has 1 fully saturated rings. The third-order valence-corrected chi connectivity index (χ3v) is 6.95. The van der Waals surface area contributed by atoms with E-state index < -0.39 is 0 Å². The van der Waals surface area contributed by atoms with Gasteiger partial charge in [-0.1, -0.05) is 121 Å². The summed E-state index contributed by atoms with van der Waals surface area (Å²) in [6.07, 6.45) is 21.2. The summed E-state index contributed by atoms with van der Waals surface area (Å²) in [6.45, 7) is 6.77. The topological polar surface area (TPSA) is 18.5 Å². The minimum absolute atomic E-state index is 0.211. The first-order valence-electron chi connectivity index (χ1n) is 13.6. The van der Waals surface area contributed by atoms with Gasteiger partial charge in [0.1, 0.15) is 0 Å². The van der Waals surface area contributed by atoms with Gasteiger partial charge in [0.25, 0.3) is 0 Å². The number of unbranched alkanes of at least 4 members (excludes halogenated alkanes) is 9. The highest BCUT2D eigenvalue weighted by Crippen LogP contribution is 2.45. The molecule has 0 N–H and O–H groups in total.